The van der Waals surface area contributed by atoms with E-state index >= 15 is 0 Å². The molecule has 1 N–H and O–H groups in total. The molecular formula is C21H20N2OS2. The van der Waals surface area contributed by atoms with Crippen LogP contribution in [0.3, 0.4) is 0 Å². The van der Waals surface area contributed by atoms with E-state index in [1.807, 2.05) is 17.9 Å². The molecule has 26 heavy (non-hydrogen) atoms. The monoisotopic (exact) mass is 380 g/mol. The molecule has 0 saturated carbocycles. The van der Waals surface area contributed by atoms with Crippen LogP contribution in [0, 0.1) is 10.9 Å². The number of hydrogen-bond donors (Lipinski definition) is 1. The molecule has 1 aliphatic rings. The highest BCUT2D eigenvalue weighted by atomic mass is 32.1. The Kier molecular flexibility index (Phi) is 4.74. The first-order chi connectivity index (χ1) is 12.6. The number of aromatic nitrogens is 1. The van der Waals surface area contributed by atoms with E-state index in [1.54, 1.807) is 0 Å². The lowest BCUT2D eigenvalue weighted by Crippen LogP contribution is -2.39. The number of nitrogens with one attached hydrogen (secondary N) is 1. The first kappa shape index (κ1) is 17.2. The van der Waals surface area contributed by atoms with Crippen molar-refractivity contribution in [3.05, 3.63) is 85.8 Å². The maximum absolute atomic E-state index is 13.0. The number of benzene rings is 2. The summed E-state index contributed by atoms with van der Waals surface area (Å²) in [6.07, 6.45) is 0.410. The molecule has 2 heterocycles. The third kappa shape index (κ3) is 3.37. The van der Waals surface area contributed by atoms with Gasteiger partial charge >= 0.3 is 0 Å². The Morgan fingerprint density at radius 3 is 2.65 bits per heavy atom. The first-order valence-electron chi connectivity index (χ1n) is 8.71. The van der Waals surface area contributed by atoms with E-state index in [-0.39, 0.29) is 11.8 Å². The average Bonchev–Trinajstić information content (AvgIpc) is 2.98. The van der Waals surface area contributed by atoms with Crippen LogP contribution in [-0.2, 0) is 17.8 Å². The van der Waals surface area contributed by atoms with Gasteiger partial charge in [-0.2, -0.15) is 0 Å². The SMILES string of the molecule is Cc1[nH]c(=S)sc1CC(=O)N1Cc2ccccc2C(c2ccccc2)C1. The highest BCUT2D eigenvalue weighted by molar-refractivity contribution is 7.73. The van der Waals surface area contributed by atoms with Crippen molar-refractivity contribution in [2.45, 2.75) is 25.8 Å². The maximum atomic E-state index is 13.0. The number of hydrogen-bond acceptors (Lipinski definition) is 3. The number of aryl methyl sites for hydroxylation is 1. The molecule has 0 radical (unpaired) electrons. The van der Waals surface area contributed by atoms with Gasteiger partial charge < -0.3 is 9.88 Å². The molecule has 1 aliphatic heterocycles. The summed E-state index contributed by atoms with van der Waals surface area (Å²) in [5.74, 6) is 0.379. The number of aromatic amines is 1. The smallest absolute Gasteiger partial charge is 0.228 e. The van der Waals surface area contributed by atoms with Crippen molar-refractivity contribution >= 4 is 29.5 Å². The molecule has 132 valence electrons. The number of amides is 1. The van der Waals surface area contributed by atoms with E-state index in [0.29, 0.717) is 19.5 Å². The van der Waals surface area contributed by atoms with Gasteiger partial charge in [0.15, 0.2) is 3.95 Å². The lowest BCUT2D eigenvalue weighted by molar-refractivity contribution is -0.131. The topological polar surface area (TPSA) is 36.1 Å². The molecule has 1 unspecified atom stereocenters. The van der Waals surface area contributed by atoms with Crippen molar-refractivity contribution in [2.24, 2.45) is 0 Å². The molecule has 5 heteroatoms. The van der Waals surface area contributed by atoms with Crippen LogP contribution < -0.4 is 0 Å². The number of nitrogens with zero attached hydrogens (tertiary/aromatic N) is 1. The zero-order valence-electron chi connectivity index (χ0n) is 14.6. The van der Waals surface area contributed by atoms with Crippen LogP contribution in [0.4, 0.5) is 0 Å². The Labute approximate surface area is 162 Å². The van der Waals surface area contributed by atoms with Gasteiger partial charge in [0.1, 0.15) is 0 Å². The Hall–Kier alpha value is -2.24. The molecule has 1 aromatic heterocycles. The highest BCUT2D eigenvalue weighted by Crippen LogP contribution is 2.33. The highest BCUT2D eigenvalue weighted by Gasteiger charge is 2.29. The fourth-order valence-corrected chi connectivity index (χ4v) is 4.90. The lowest BCUT2D eigenvalue weighted by Gasteiger charge is -2.35. The van der Waals surface area contributed by atoms with E-state index < -0.39 is 0 Å². The summed E-state index contributed by atoms with van der Waals surface area (Å²) in [6, 6.07) is 18.9. The van der Waals surface area contributed by atoms with Gasteiger partial charge in [0.05, 0.1) is 6.42 Å². The molecule has 3 nitrogen and oxygen atoms in total. The normalized spacial score (nSPS) is 16.3. The van der Waals surface area contributed by atoms with Crippen LogP contribution in [0.25, 0.3) is 0 Å². The predicted molar refractivity (Wildman–Crippen MR) is 108 cm³/mol. The van der Waals surface area contributed by atoms with E-state index in [4.69, 9.17) is 12.2 Å². The van der Waals surface area contributed by atoms with Crippen LogP contribution in [0.2, 0.25) is 0 Å². The summed E-state index contributed by atoms with van der Waals surface area (Å²) in [4.78, 5) is 19.2. The summed E-state index contributed by atoms with van der Waals surface area (Å²) in [5.41, 5.74) is 4.83. The van der Waals surface area contributed by atoms with Gasteiger partial charge in [-0.3, -0.25) is 4.79 Å². The van der Waals surface area contributed by atoms with Crippen molar-refractivity contribution in [3.63, 3.8) is 0 Å². The molecule has 0 spiro atoms. The number of fused-ring (bicyclic) bond motifs is 1. The minimum Gasteiger partial charge on any atom is -0.341 e. The van der Waals surface area contributed by atoms with Gasteiger partial charge in [-0.05, 0) is 35.8 Å². The maximum Gasteiger partial charge on any atom is 0.228 e. The fraction of sp³-hybridized carbons (Fsp3) is 0.238. The van der Waals surface area contributed by atoms with Crippen LogP contribution in [-0.4, -0.2) is 22.3 Å². The largest absolute Gasteiger partial charge is 0.341 e. The number of H-pyrrole nitrogens is 1. The molecule has 1 amide bonds. The number of carbonyl (C=O) groups excluding carboxylic acids is 1. The van der Waals surface area contributed by atoms with Gasteiger partial charge in [0, 0.05) is 29.6 Å². The van der Waals surface area contributed by atoms with Crippen molar-refractivity contribution in [1.82, 2.24) is 9.88 Å². The molecule has 0 aliphatic carbocycles. The van der Waals surface area contributed by atoms with Crippen LogP contribution in [0.15, 0.2) is 54.6 Å². The second-order valence-electron chi connectivity index (χ2n) is 6.68. The Bertz CT molecular complexity index is 991. The fourth-order valence-electron chi connectivity index (χ4n) is 3.62. The zero-order valence-corrected chi connectivity index (χ0v) is 16.2. The summed E-state index contributed by atoms with van der Waals surface area (Å²) in [6.45, 7) is 3.37. The van der Waals surface area contributed by atoms with Crippen molar-refractivity contribution < 1.29 is 4.79 Å². The Balaban J connectivity index is 1.63. The minimum atomic E-state index is 0.161. The quantitative estimate of drug-likeness (QED) is 0.661. The Morgan fingerprint density at radius 2 is 1.92 bits per heavy atom. The Morgan fingerprint density at radius 1 is 1.19 bits per heavy atom. The van der Waals surface area contributed by atoms with Gasteiger partial charge in [-0.25, -0.2) is 0 Å². The van der Waals surface area contributed by atoms with Crippen molar-refractivity contribution in [1.29, 1.82) is 0 Å². The third-order valence-electron chi connectivity index (χ3n) is 4.98. The molecule has 1 atom stereocenters. The average molecular weight is 381 g/mol. The predicted octanol–water partition coefficient (Wildman–Crippen LogP) is 4.83. The van der Waals surface area contributed by atoms with Crippen LogP contribution >= 0.6 is 23.6 Å². The summed E-state index contributed by atoms with van der Waals surface area (Å²) >= 11 is 6.70. The van der Waals surface area contributed by atoms with Gasteiger partial charge in [-0.15, -0.1) is 11.3 Å². The summed E-state index contributed by atoms with van der Waals surface area (Å²) < 4.78 is 0.733. The minimum absolute atomic E-state index is 0.161. The van der Waals surface area contributed by atoms with Gasteiger partial charge in [0.2, 0.25) is 5.91 Å². The first-order valence-corrected chi connectivity index (χ1v) is 9.93. The number of thiazole rings is 1. The molecule has 2 aromatic carbocycles. The molecular weight excluding hydrogens is 360 g/mol. The number of rotatable bonds is 3. The summed E-state index contributed by atoms with van der Waals surface area (Å²) in [5, 5.41) is 0. The molecule has 0 fully saturated rings. The molecule has 4 rings (SSSR count). The van der Waals surface area contributed by atoms with E-state index in [9.17, 15) is 4.79 Å². The molecule has 0 bridgehead atoms. The second-order valence-corrected chi connectivity index (χ2v) is 8.45. The third-order valence-corrected chi connectivity index (χ3v) is 6.32. The summed E-state index contributed by atoms with van der Waals surface area (Å²) in [7, 11) is 0. The van der Waals surface area contributed by atoms with E-state index in [1.165, 1.54) is 28.0 Å². The molecule has 3 aromatic rings. The van der Waals surface area contributed by atoms with E-state index in [0.717, 1.165) is 14.5 Å². The van der Waals surface area contributed by atoms with Gasteiger partial charge in [0.25, 0.3) is 0 Å². The second kappa shape index (κ2) is 7.17. The van der Waals surface area contributed by atoms with Crippen LogP contribution in [0.1, 0.15) is 33.2 Å². The van der Waals surface area contributed by atoms with Crippen molar-refractivity contribution in [3.8, 4) is 0 Å². The van der Waals surface area contributed by atoms with Crippen molar-refractivity contribution in [2.75, 3.05) is 6.54 Å². The van der Waals surface area contributed by atoms with Crippen LogP contribution in [0.5, 0.6) is 0 Å². The lowest BCUT2D eigenvalue weighted by atomic mass is 9.84. The van der Waals surface area contributed by atoms with E-state index in [2.05, 4.69) is 53.5 Å². The zero-order chi connectivity index (χ0) is 18.1. The standard InChI is InChI=1S/C21H20N2OS2/c1-14-19(26-21(25)22-14)11-20(24)23-12-16-9-5-6-10-17(16)18(13-23)15-7-3-2-4-8-15/h2-10,18H,11-13H2,1H3,(H,22,25). The molecule has 0 saturated heterocycles. The van der Waals surface area contributed by atoms with Gasteiger partial charge in [-0.1, -0.05) is 54.6 Å². The number of carbonyl (C=O) groups is 1.